The lowest BCUT2D eigenvalue weighted by Crippen LogP contribution is -2.58. The van der Waals surface area contributed by atoms with Crippen molar-refractivity contribution in [2.24, 2.45) is 0 Å². The molecule has 4 amide bonds. The molecule has 42 heavy (non-hydrogen) atoms. The molecule has 0 unspecified atom stereocenters. The lowest BCUT2D eigenvalue weighted by molar-refractivity contribution is -0.137. The summed E-state index contributed by atoms with van der Waals surface area (Å²) in [4.78, 5) is 44.8. The maximum Gasteiger partial charge on any atom is 0.321 e. The highest BCUT2D eigenvalue weighted by Crippen LogP contribution is 2.39. The SMILES string of the molecule is COc1ccccc1CCNC(=O)CN1CN(c2ccccc2)C2(CCN(C(=O)Nc3ccc(F)c(F)c3)CC2)C1=O. The number of carbonyl (C=O) groups excluding carboxylic acids is 3. The van der Waals surface area contributed by atoms with E-state index in [-0.39, 0.29) is 43.8 Å². The Hall–Kier alpha value is -4.67. The van der Waals surface area contributed by atoms with E-state index in [1.807, 2.05) is 59.5 Å². The summed E-state index contributed by atoms with van der Waals surface area (Å²) in [6, 6.07) is 19.9. The molecule has 2 aliphatic heterocycles. The van der Waals surface area contributed by atoms with Crippen LogP contribution in [-0.4, -0.2) is 73.1 Å². The largest absolute Gasteiger partial charge is 0.496 e. The molecule has 2 N–H and O–H groups in total. The maximum atomic E-state index is 13.9. The lowest BCUT2D eigenvalue weighted by atomic mass is 9.85. The van der Waals surface area contributed by atoms with Crippen molar-refractivity contribution in [2.45, 2.75) is 24.8 Å². The second-order valence-corrected chi connectivity index (χ2v) is 10.4. The molecular weight excluding hydrogens is 544 g/mol. The number of halogens is 2. The highest BCUT2D eigenvalue weighted by atomic mass is 19.2. The summed E-state index contributed by atoms with van der Waals surface area (Å²) in [5, 5.41) is 5.51. The summed E-state index contributed by atoms with van der Waals surface area (Å²) in [5.74, 6) is -1.71. The van der Waals surface area contributed by atoms with Crippen LogP contribution in [0.4, 0.5) is 25.0 Å². The van der Waals surface area contributed by atoms with E-state index in [4.69, 9.17) is 4.74 Å². The number of likely N-dealkylation sites (tertiary alicyclic amines) is 1. The van der Waals surface area contributed by atoms with Gasteiger partial charge in [0.2, 0.25) is 5.91 Å². The molecule has 9 nitrogen and oxygen atoms in total. The van der Waals surface area contributed by atoms with Gasteiger partial charge in [0.25, 0.3) is 5.91 Å². The van der Waals surface area contributed by atoms with Crippen molar-refractivity contribution in [2.75, 3.05) is 50.2 Å². The van der Waals surface area contributed by atoms with E-state index in [1.54, 1.807) is 16.9 Å². The van der Waals surface area contributed by atoms with Gasteiger partial charge in [-0.3, -0.25) is 9.59 Å². The topological polar surface area (TPSA) is 94.2 Å². The number of urea groups is 1. The van der Waals surface area contributed by atoms with Crippen molar-refractivity contribution in [1.82, 2.24) is 15.1 Å². The first-order valence-corrected chi connectivity index (χ1v) is 13.8. The van der Waals surface area contributed by atoms with Gasteiger partial charge in [-0.1, -0.05) is 36.4 Å². The molecule has 0 aliphatic carbocycles. The van der Waals surface area contributed by atoms with Crippen molar-refractivity contribution in [3.63, 3.8) is 0 Å². The number of hydrogen-bond donors (Lipinski definition) is 2. The molecule has 2 heterocycles. The number of hydrogen-bond acceptors (Lipinski definition) is 5. The number of nitrogens with one attached hydrogen (secondary N) is 2. The monoisotopic (exact) mass is 577 g/mol. The Morgan fingerprint density at radius 3 is 2.38 bits per heavy atom. The molecule has 2 fully saturated rings. The minimum Gasteiger partial charge on any atom is -0.496 e. The molecule has 2 aliphatic rings. The fourth-order valence-corrected chi connectivity index (χ4v) is 5.65. The molecule has 220 valence electrons. The van der Waals surface area contributed by atoms with E-state index < -0.39 is 23.2 Å². The van der Waals surface area contributed by atoms with Gasteiger partial charge in [-0.25, -0.2) is 13.6 Å². The Morgan fingerprint density at radius 1 is 0.952 bits per heavy atom. The van der Waals surface area contributed by atoms with Crippen LogP contribution < -0.4 is 20.3 Å². The second kappa shape index (κ2) is 12.5. The van der Waals surface area contributed by atoms with Gasteiger partial charge in [-0.2, -0.15) is 0 Å². The van der Waals surface area contributed by atoms with Crippen LogP contribution in [0.15, 0.2) is 72.8 Å². The van der Waals surface area contributed by atoms with Gasteiger partial charge in [-0.05, 0) is 55.2 Å². The first-order valence-electron chi connectivity index (χ1n) is 13.8. The molecule has 0 radical (unpaired) electrons. The Bertz CT molecular complexity index is 1450. The van der Waals surface area contributed by atoms with Gasteiger partial charge in [0, 0.05) is 37.1 Å². The van der Waals surface area contributed by atoms with Crippen LogP contribution in [0.5, 0.6) is 5.75 Å². The van der Waals surface area contributed by atoms with E-state index in [2.05, 4.69) is 10.6 Å². The van der Waals surface area contributed by atoms with Crippen molar-refractivity contribution in [1.29, 1.82) is 0 Å². The number of methoxy groups -OCH3 is 1. The van der Waals surface area contributed by atoms with Crippen LogP contribution in [0.2, 0.25) is 0 Å². The number of para-hydroxylation sites is 2. The number of anilines is 2. The Balaban J connectivity index is 1.24. The number of amides is 4. The first-order chi connectivity index (χ1) is 20.3. The van der Waals surface area contributed by atoms with Gasteiger partial charge in [0.15, 0.2) is 11.6 Å². The highest BCUT2D eigenvalue weighted by Gasteiger charge is 2.54. The number of piperidine rings is 1. The molecule has 1 spiro atoms. The zero-order valence-corrected chi connectivity index (χ0v) is 23.3. The van der Waals surface area contributed by atoms with Gasteiger partial charge in [-0.15, -0.1) is 0 Å². The summed E-state index contributed by atoms with van der Waals surface area (Å²) < 4.78 is 32.3. The van der Waals surface area contributed by atoms with Gasteiger partial charge >= 0.3 is 6.03 Å². The van der Waals surface area contributed by atoms with E-state index in [0.29, 0.717) is 25.8 Å². The lowest BCUT2D eigenvalue weighted by Gasteiger charge is -2.43. The zero-order valence-electron chi connectivity index (χ0n) is 23.3. The normalized spacial score (nSPS) is 16.1. The number of ether oxygens (including phenoxy) is 1. The Kier molecular flexibility index (Phi) is 8.56. The zero-order chi connectivity index (χ0) is 29.7. The van der Waals surface area contributed by atoms with E-state index in [9.17, 15) is 23.2 Å². The van der Waals surface area contributed by atoms with Crippen LogP contribution in [0.25, 0.3) is 0 Å². The van der Waals surface area contributed by atoms with Crippen molar-refractivity contribution in [3.05, 3.63) is 90.0 Å². The Labute approximate surface area is 243 Å². The minimum absolute atomic E-state index is 0.0871. The molecule has 3 aromatic rings. The molecule has 0 aromatic heterocycles. The van der Waals surface area contributed by atoms with Gasteiger partial charge in [0.1, 0.15) is 17.8 Å². The van der Waals surface area contributed by atoms with Gasteiger partial charge < -0.3 is 30.1 Å². The summed E-state index contributed by atoms with van der Waals surface area (Å²) >= 11 is 0. The van der Waals surface area contributed by atoms with Crippen molar-refractivity contribution < 1.29 is 27.9 Å². The Morgan fingerprint density at radius 2 is 1.67 bits per heavy atom. The van der Waals surface area contributed by atoms with Crippen LogP contribution in [0.1, 0.15) is 18.4 Å². The average molecular weight is 578 g/mol. The highest BCUT2D eigenvalue weighted by molar-refractivity contribution is 5.97. The van der Waals surface area contributed by atoms with Crippen molar-refractivity contribution >= 4 is 29.2 Å². The molecule has 0 saturated carbocycles. The first kappa shape index (κ1) is 28.8. The van der Waals surface area contributed by atoms with Crippen LogP contribution in [0.3, 0.4) is 0 Å². The number of nitrogens with zero attached hydrogens (tertiary/aromatic N) is 3. The van der Waals surface area contributed by atoms with Gasteiger partial charge in [0.05, 0.1) is 13.8 Å². The molecule has 0 atom stereocenters. The average Bonchev–Trinajstić information content (AvgIpc) is 3.26. The third kappa shape index (κ3) is 6.00. The van der Waals surface area contributed by atoms with E-state index in [1.165, 1.54) is 6.07 Å². The summed E-state index contributed by atoms with van der Waals surface area (Å²) in [5.41, 5.74) is 1.05. The smallest absolute Gasteiger partial charge is 0.321 e. The number of carbonyl (C=O) groups is 3. The van der Waals surface area contributed by atoms with Crippen molar-refractivity contribution in [3.8, 4) is 5.75 Å². The number of rotatable bonds is 8. The maximum absolute atomic E-state index is 13.9. The van der Waals surface area contributed by atoms with Crippen LogP contribution in [0, 0.1) is 11.6 Å². The predicted octanol–water partition coefficient (Wildman–Crippen LogP) is 4.01. The molecule has 2 saturated heterocycles. The molecular formula is C31H33F2N5O4. The standard InChI is InChI=1S/C31H33F2N5O4/c1-42-27-10-6-5-7-22(27)13-16-34-28(39)20-37-21-38(24-8-3-2-4-9-24)31(29(37)40)14-17-36(18-15-31)30(41)35-23-11-12-25(32)26(33)19-23/h2-12,19H,13-18,20-21H2,1H3,(H,34,39)(H,35,41). The minimum atomic E-state index is -1.05. The molecule has 11 heteroatoms. The van der Waals surface area contributed by atoms with Crippen LogP contribution >= 0.6 is 0 Å². The van der Waals surface area contributed by atoms with Crippen LogP contribution in [-0.2, 0) is 16.0 Å². The molecule has 5 rings (SSSR count). The predicted molar refractivity (Wildman–Crippen MR) is 154 cm³/mol. The third-order valence-corrected chi connectivity index (χ3v) is 7.87. The van der Waals surface area contributed by atoms with E-state index in [0.717, 1.165) is 29.1 Å². The fraction of sp³-hybridized carbons (Fsp3) is 0.323. The third-order valence-electron chi connectivity index (χ3n) is 7.87. The fourth-order valence-electron chi connectivity index (χ4n) is 5.65. The number of benzene rings is 3. The summed E-state index contributed by atoms with van der Waals surface area (Å²) in [7, 11) is 1.61. The molecule has 0 bridgehead atoms. The summed E-state index contributed by atoms with van der Waals surface area (Å²) in [6.45, 7) is 1.09. The molecule has 3 aromatic carbocycles. The second-order valence-electron chi connectivity index (χ2n) is 10.4. The summed E-state index contributed by atoms with van der Waals surface area (Å²) in [6.07, 6.45) is 1.28. The van der Waals surface area contributed by atoms with E-state index >= 15 is 0 Å². The quantitative estimate of drug-likeness (QED) is 0.422.